The Bertz CT molecular complexity index is 622. The number of thiazole rings is 1. The van der Waals surface area contributed by atoms with Gasteiger partial charge in [-0.05, 0) is 6.92 Å². The zero-order chi connectivity index (χ0) is 15.9. The first-order valence-electron chi connectivity index (χ1n) is 5.87. The molecule has 1 aromatic rings. The lowest BCUT2D eigenvalue weighted by molar-refractivity contribution is 0.160. The van der Waals surface area contributed by atoms with E-state index in [0.717, 1.165) is 11.3 Å². The van der Waals surface area contributed by atoms with Gasteiger partial charge in [0.2, 0.25) is 14.2 Å². The van der Waals surface area contributed by atoms with Crippen LogP contribution < -0.4 is 0 Å². The highest BCUT2D eigenvalue weighted by molar-refractivity contribution is 7.93. The number of hydrogen-bond donors (Lipinski definition) is 0. The van der Waals surface area contributed by atoms with Gasteiger partial charge in [-0.1, -0.05) is 5.16 Å². The van der Waals surface area contributed by atoms with Gasteiger partial charge in [-0.2, -0.15) is 8.78 Å². The minimum Gasteiger partial charge on any atom is -0.396 e. The van der Waals surface area contributed by atoms with E-state index in [1.165, 1.54) is 12.4 Å². The molecule has 1 heterocycles. The molecule has 0 aliphatic carbocycles. The summed E-state index contributed by atoms with van der Waals surface area (Å²) in [6.07, 6.45) is -0.241. The summed E-state index contributed by atoms with van der Waals surface area (Å²) in [6.45, 7) is 2.19. The van der Waals surface area contributed by atoms with Crippen LogP contribution in [-0.2, 0) is 21.1 Å². The van der Waals surface area contributed by atoms with E-state index in [1.54, 1.807) is 6.92 Å². The number of hydrogen-bond acceptors (Lipinski definition) is 6. The van der Waals surface area contributed by atoms with Crippen LogP contribution in [0, 0.1) is 0 Å². The van der Waals surface area contributed by atoms with Crippen LogP contribution in [0.15, 0.2) is 27.6 Å². The minimum atomic E-state index is -3.88. The third-order valence-corrected chi connectivity index (χ3v) is 5.37. The lowest BCUT2D eigenvalue weighted by Gasteiger charge is -1.98. The van der Waals surface area contributed by atoms with Gasteiger partial charge >= 0.3 is 6.08 Å². The molecule has 10 heteroatoms. The fraction of sp³-hybridized carbons (Fsp3) is 0.455. The summed E-state index contributed by atoms with van der Waals surface area (Å²) in [5, 5.41) is 3.60. The summed E-state index contributed by atoms with van der Waals surface area (Å²) in [5.74, 6) is -2.48. The van der Waals surface area contributed by atoms with Crippen molar-refractivity contribution in [3.63, 3.8) is 0 Å². The number of sulfone groups is 1. The molecule has 0 aromatic carbocycles. The van der Waals surface area contributed by atoms with Crippen LogP contribution >= 0.6 is 11.3 Å². The molecule has 0 fully saturated rings. The van der Waals surface area contributed by atoms with Crippen LogP contribution in [0.1, 0.15) is 18.2 Å². The van der Waals surface area contributed by atoms with E-state index < -0.39 is 33.9 Å². The van der Waals surface area contributed by atoms with Crippen LogP contribution in [0.2, 0.25) is 0 Å². The topological polar surface area (TPSA) is 68.6 Å². The van der Waals surface area contributed by atoms with E-state index in [9.17, 15) is 21.6 Å². The van der Waals surface area contributed by atoms with Crippen LogP contribution in [0.25, 0.3) is 0 Å². The van der Waals surface area contributed by atoms with Crippen molar-refractivity contribution in [1.29, 1.82) is 0 Å². The normalized spacial score (nSPS) is 11.8. The first kappa shape index (κ1) is 17.6. The average Bonchev–Trinajstić information content (AvgIpc) is 2.90. The molecule has 0 bridgehead atoms. The highest BCUT2D eigenvalue weighted by Gasteiger charge is 2.20. The van der Waals surface area contributed by atoms with Gasteiger partial charge in [0.15, 0.2) is 5.83 Å². The molecule has 0 amide bonds. The number of aromatic nitrogens is 1. The number of rotatable bonds is 8. The van der Waals surface area contributed by atoms with Crippen LogP contribution in [-0.4, -0.2) is 32.0 Å². The molecule has 0 unspecified atom stereocenters. The summed E-state index contributed by atoms with van der Waals surface area (Å²) in [5.41, 5.74) is 0. The average molecular weight is 342 g/mol. The van der Waals surface area contributed by atoms with Gasteiger partial charge < -0.3 is 4.84 Å². The van der Waals surface area contributed by atoms with Crippen molar-refractivity contribution in [3.05, 3.63) is 23.0 Å². The first-order valence-corrected chi connectivity index (χ1v) is 8.34. The molecular weight excluding hydrogens is 329 g/mol. The highest BCUT2D eigenvalue weighted by atomic mass is 32.2. The second-order valence-electron chi connectivity index (χ2n) is 3.74. The van der Waals surface area contributed by atoms with E-state index in [4.69, 9.17) is 4.84 Å². The fourth-order valence-corrected chi connectivity index (χ4v) is 3.70. The largest absolute Gasteiger partial charge is 0.396 e. The molecule has 0 atom stereocenters. The highest BCUT2D eigenvalue weighted by Crippen LogP contribution is 2.22. The van der Waals surface area contributed by atoms with Gasteiger partial charge in [0.1, 0.15) is 6.61 Å². The van der Waals surface area contributed by atoms with Gasteiger partial charge in [0, 0.05) is 30.1 Å². The van der Waals surface area contributed by atoms with E-state index in [0.29, 0.717) is 17.9 Å². The zero-order valence-corrected chi connectivity index (χ0v) is 12.7. The Morgan fingerprint density at radius 3 is 2.81 bits per heavy atom. The van der Waals surface area contributed by atoms with Crippen molar-refractivity contribution in [2.45, 2.75) is 24.1 Å². The molecule has 0 saturated heterocycles. The van der Waals surface area contributed by atoms with Crippen molar-refractivity contribution in [2.75, 3.05) is 12.4 Å². The van der Waals surface area contributed by atoms with Crippen molar-refractivity contribution < 1.29 is 26.4 Å². The van der Waals surface area contributed by atoms with Crippen LogP contribution in [0.5, 0.6) is 0 Å². The van der Waals surface area contributed by atoms with Crippen molar-refractivity contribution in [1.82, 2.24) is 4.98 Å². The first-order chi connectivity index (χ1) is 9.86. The predicted octanol–water partition coefficient (Wildman–Crippen LogP) is 2.95. The molecular formula is C11H13F3N2O3S2. The van der Waals surface area contributed by atoms with E-state index in [2.05, 4.69) is 10.1 Å². The summed E-state index contributed by atoms with van der Waals surface area (Å²) in [4.78, 5) is 9.06. The maximum Gasteiger partial charge on any atom is 0.301 e. The Balaban J connectivity index is 2.68. The Morgan fingerprint density at radius 2 is 2.19 bits per heavy atom. The number of nitrogens with zero attached hydrogens (tertiary/aromatic N) is 2. The molecule has 1 rings (SSSR count). The molecule has 0 spiro atoms. The van der Waals surface area contributed by atoms with E-state index >= 15 is 0 Å². The molecule has 0 saturated carbocycles. The van der Waals surface area contributed by atoms with Gasteiger partial charge in [0.25, 0.3) is 0 Å². The van der Waals surface area contributed by atoms with Crippen molar-refractivity contribution >= 4 is 27.4 Å². The quantitative estimate of drug-likeness (QED) is 0.538. The summed E-state index contributed by atoms with van der Waals surface area (Å²) < 4.78 is 59.8. The van der Waals surface area contributed by atoms with Gasteiger partial charge in [-0.15, -0.1) is 11.3 Å². The van der Waals surface area contributed by atoms with Crippen molar-refractivity contribution in [2.24, 2.45) is 5.16 Å². The van der Waals surface area contributed by atoms with Crippen LogP contribution in [0.4, 0.5) is 13.2 Å². The molecule has 5 nitrogen and oxygen atoms in total. The van der Waals surface area contributed by atoms with Gasteiger partial charge in [-0.25, -0.2) is 17.8 Å². The summed E-state index contributed by atoms with van der Waals surface area (Å²) in [6, 6.07) is 0. The van der Waals surface area contributed by atoms with Crippen molar-refractivity contribution in [3.8, 4) is 0 Å². The summed E-state index contributed by atoms with van der Waals surface area (Å²) in [7, 11) is -3.88. The maximum absolute atomic E-state index is 12.6. The van der Waals surface area contributed by atoms with Crippen LogP contribution in [0.3, 0.4) is 0 Å². The Hall–Kier alpha value is -1.42. The summed E-state index contributed by atoms with van der Waals surface area (Å²) >= 11 is 0.886. The smallest absolute Gasteiger partial charge is 0.301 e. The third kappa shape index (κ3) is 5.84. The number of allylic oxidation sites excluding steroid dienone is 1. The molecule has 0 radical (unpaired) electrons. The monoisotopic (exact) mass is 342 g/mol. The molecule has 21 heavy (non-hydrogen) atoms. The minimum absolute atomic E-state index is 0.227. The number of halogens is 3. The van der Waals surface area contributed by atoms with E-state index in [-0.39, 0.29) is 4.34 Å². The standard InChI is InChI=1S/C11H13F3N2O3S2/c1-2-19-16-5-3-8-7-15-11(20-8)21(17,18)6-4-9(12)10(13)14/h5,7H,2-4,6H2,1H3/b16-5-. The molecule has 1 aromatic heterocycles. The molecule has 0 aliphatic heterocycles. The second-order valence-corrected chi connectivity index (χ2v) is 7.13. The molecule has 0 N–H and O–H groups in total. The Kier molecular flexibility index (Phi) is 6.82. The SMILES string of the molecule is CCO/N=C\Cc1cnc(S(=O)(=O)CCC(F)=C(F)F)s1. The third-order valence-electron chi connectivity index (χ3n) is 2.16. The Labute approximate surface area is 124 Å². The zero-order valence-electron chi connectivity index (χ0n) is 11.1. The predicted molar refractivity (Wildman–Crippen MR) is 73.0 cm³/mol. The maximum atomic E-state index is 12.6. The lowest BCUT2D eigenvalue weighted by atomic mass is 10.4. The van der Waals surface area contributed by atoms with E-state index in [1.807, 2.05) is 0 Å². The fourth-order valence-electron chi connectivity index (χ4n) is 1.19. The Morgan fingerprint density at radius 1 is 1.48 bits per heavy atom. The lowest BCUT2D eigenvalue weighted by Crippen LogP contribution is -2.06. The number of oxime groups is 1. The molecule has 118 valence electrons. The second kappa shape index (κ2) is 8.13. The van der Waals surface area contributed by atoms with Gasteiger partial charge in [-0.3, -0.25) is 0 Å². The van der Waals surface area contributed by atoms with Gasteiger partial charge in [0.05, 0.1) is 5.75 Å². The molecule has 0 aliphatic rings.